The van der Waals surface area contributed by atoms with Gasteiger partial charge in [-0.05, 0) is 11.8 Å². The summed E-state index contributed by atoms with van der Waals surface area (Å²) < 4.78 is 5.42. The first kappa shape index (κ1) is 5.75. The summed E-state index contributed by atoms with van der Waals surface area (Å²) in [6.45, 7) is 3.81. The second-order valence-corrected chi connectivity index (χ2v) is 4.31. The number of hydrogen-bond donors (Lipinski definition) is 0. The molecule has 12 heavy (non-hydrogen) atoms. The maximum Gasteiger partial charge on any atom is 0.180 e. The van der Waals surface area contributed by atoms with Crippen molar-refractivity contribution in [3.8, 4) is 0 Å². The fourth-order valence-electron chi connectivity index (χ4n) is 3.44. The van der Waals surface area contributed by atoms with Crippen LogP contribution in [-0.4, -0.2) is 29.5 Å². The molecule has 62 valence electrons. The van der Waals surface area contributed by atoms with Crippen molar-refractivity contribution < 1.29 is 4.42 Å². The van der Waals surface area contributed by atoms with E-state index in [1.807, 2.05) is 6.20 Å². The highest BCUT2D eigenvalue weighted by atomic mass is 16.3. The Morgan fingerprint density at radius 3 is 2.83 bits per heavy atom. The van der Waals surface area contributed by atoms with Crippen LogP contribution in [0.25, 0.3) is 0 Å². The molecule has 4 aliphatic rings. The zero-order valence-corrected chi connectivity index (χ0v) is 6.73. The Labute approximate surface area is 70.4 Å². The lowest BCUT2D eigenvalue weighted by Crippen LogP contribution is -2.15. The molecule has 0 spiro atoms. The van der Waals surface area contributed by atoms with Gasteiger partial charge < -0.3 is 9.32 Å². The van der Waals surface area contributed by atoms with Crippen molar-refractivity contribution in [1.29, 1.82) is 0 Å². The summed E-state index contributed by atoms with van der Waals surface area (Å²) in [7, 11) is 0. The average molecular weight is 162 g/mol. The highest BCUT2D eigenvalue weighted by Gasteiger charge is 2.76. The number of rotatable bonds is 1. The molecule has 0 aromatic carbocycles. The van der Waals surface area contributed by atoms with Crippen molar-refractivity contribution in [2.75, 3.05) is 19.6 Å². The zero-order valence-electron chi connectivity index (χ0n) is 6.73. The molecule has 1 aliphatic carbocycles. The topological polar surface area (TPSA) is 29.3 Å². The maximum absolute atomic E-state index is 5.42. The number of oxazole rings is 1. The van der Waals surface area contributed by atoms with Crippen molar-refractivity contribution in [3.63, 3.8) is 0 Å². The summed E-state index contributed by atoms with van der Waals surface area (Å²) in [5.74, 6) is 2.92. The number of hydrogen-bond acceptors (Lipinski definition) is 3. The zero-order chi connectivity index (χ0) is 7.76. The molecule has 4 heterocycles. The van der Waals surface area contributed by atoms with Gasteiger partial charge in [-0.2, -0.15) is 0 Å². The summed E-state index contributed by atoms with van der Waals surface area (Å²) >= 11 is 0. The van der Waals surface area contributed by atoms with Gasteiger partial charge >= 0.3 is 0 Å². The van der Waals surface area contributed by atoms with Gasteiger partial charge in [-0.1, -0.05) is 0 Å². The van der Waals surface area contributed by atoms with Crippen LogP contribution in [0.5, 0.6) is 0 Å². The second kappa shape index (κ2) is 1.46. The van der Waals surface area contributed by atoms with E-state index in [0.717, 1.165) is 17.6 Å². The minimum absolute atomic E-state index is 0.413. The molecule has 2 atom stereocenters. The van der Waals surface area contributed by atoms with Crippen LogP contribution in [0.3, 0.4) is 0 Å². The van der Waals surface area contributed by atoms with Crippen molar-refractivity contribution >= 4 is 0 Å². The Morgan fingerprint density at radius 1 is 1.50 bits per heavy atom. The lowest BCUT2D eigenvalue weighted by molar-refractivity contribution is 0.395. The first-order chi connectivity index (χ1) is 5.91. The molecule has 5 rings (SSSR count). The Bertz CT molecular complexity index is 320. The van der Waals surface area contributed by atoms with E-state index in [2.05, 4.69) is 9.88 Å². The van der Waals surface area contributed by atoms with E-state index in [1.165, 1.54) is 19.6 Å². The molecule has 4 bridgehead atoms. The predicted octanol–water partition coefficient (Wildman–Crippen LogP) is 0.488. The van der Waals surface area contributed by atoms with Gasteiger partial charge in [-0.3, -0.25) is 0 Å². The van der Waals surface area contributed by atoms with E-state index in [0.29, 0.717) is 5.41 Å². The molecule has 0 amide bonds. The number of piperidine rings is 3. The maximum atomic E-state index is 5.42. The molecule has 0 radical (unpaired) electrons. The van der Waals surface area contributed by atoms with Crippen molar-refractivity contribution in [2.24, 2.45) is 11.8 Å². The summed E-state index contributed by atoms with van der Waals surface area (Å²) in [6, 6.07) is 0. The SMILES string of the molecule is c1ncc(C23CN4CC2C3C4)o1. The van der Waals surface area contributed by atoms with Crippen molar-refractivity contribution in [1.82, 2.24) is 9.88 Å². The Balaban J connectivity index is 1.88. The number of aromatic nitrogens is 1. The third kappa shape index (κ3) is 0.399. The van der Waals surface area contributed by atoms with Crippen molar-refractivity contribution in [3.05, 3.63) is 18.4 Å². The van der Waals surface area contributed by atoms with Crippen LogP contribution in [0, 0.1) is 11.8 Å². The monoisotopic (exact) mass is 162 g/mol. The quantitative estimate of drug-likeness (QED) is 0.601. The van der Waals surface area contributed by atoms with Crippen molar-refractivity contribution in [2.45, 2.75) is 5.41 Å². The lowest BCUT2D eigenvalue weighted by Gasteiger charge is -2.05. The molecular weight excluding hydrogens is 152 g/mol. The smallest absolute Gasteiger partial charge is 0.180 e. The van der Waals surface area contributed by atoms with Gasteiger partial charge in [0.25, 0.3) is 0 Å². The molecule has 1 aromatic rings. The second-order valence-electron chi connectivity index (χ2n) is 4.31. The third-order valence-electron chi connectivity index (χ3n) is 3.99. The molecule has 3 aliphatic heterocycles. The molecule has 2 unspecified atom stereocenters. The van der Waals surface area contributed by atoms with E-state index in [-0.39, 0.29) is 0 Å². The van der Waals surface area contributed by atoms with E-state index >= 15 is 0 Å². The Hall–Kier alpha value is -0.830. The van der Waals surface area contributed by atoms with E-state index in [9.17, 15) is 0 Å². The van der Waals surface area contributed by atoms with Crippen LogP contribution < -0.4 is 0 Å². The number of nitrogens with zero attached hydrogens (tertiary/aromatic N) is 2. The summed E-state index contributed by atoms with van der Waals surface area (Å²) in [4.78, 5) is 6.55. The molecule has 4 fully saturated rings. The van der Waals surface area contributed by atoms with Gasteiger partial charge in [0.05, 0.1) is 11.6 Å². The molecule has 1 aromatic heterocycles. The normalized spacial score (nSPS) is 53.2. The molecule has 3 nitrogen and oxygen atoms in total. The fraction of sp³-hybridized carbons (Fsp3) is 0.667. The van der Waals surface area contributed by atoms with Crippen LogP contribution in [0.1, 0.15) is 5.76 Å². The highest BCUT2D eigenvalue weighted by Crippen LogP contribution is 2.69. The van der Waals surface area contributed by atoms with E-state index < -0.39 is 0 Å². The highest BCUT2D eigenvalue weighted by molar-refractivity contribution is 5.37. The first-order valence-electron chi connectivity index (χ1n) is 4.52. The largest absolute Gasteiger partial charge is 0.448 e. The van der Waals surface area contributed by atoms with Gasteiger partial charge in [0.15, 0.2) is 6.39 Å². The summed E-state index contributed by atoms with van der Waals surface area (Å²) in [5, 5.41) is 0. The summed E-state index contributed by atoms with van der Waals surface area (Å²) in [6.07, 6.45) is 3.46. The molecule has 0 N–H and O–H groups in total. The van der Waals surface area contributed by atoms with Gasteiger partial charge in [0, 0.05) is 19.6 Å². The Morgan fingerprint density at radius 2 is 2.33 bits per heavy atom. The van der Waals surface area contributed by atoms with Crippen LogP contribution in [0.2, 0.25) is 0 Å². The average Bonchev–Trinajstić information content (AvgIpc) is 2.76. The van der Waals surface area contributed by atoms with Gasteiger partial charge in [-0.15, -0.1) is 0 Å². The first-order valence-corrected chi connectivity index (χ1v) is 4.52. The van der Waals surface area contributed by atoms with Crippen LogP contribution in [0.15, 0.2) is 17.0 Å². The van der Waals surface area contributed by atoms with Crippen LogP contribution in [-0.2, 0) is 5.41 Å². The summed E-state index contributed by atoms with van der Waals surface area (Å²) in [5.41, 5.74) is 0.413. The molecule has 3 heteroatoms. The molecule has 3 saturated heterocycles. The van der Waals surface area contributed by atoms with Gasteiger partial charge in [-0.25, -0.2) is 4.98 Å². The van der Waals surface area contributed by atoms with Gasteiger partial charge in [0.1, 0.15) is 5.76 Å². The lowest BCUT2D eigenvalue weighted by atomic mass is 10.0. The van der Waals surface area contributed by atoms with E-state index in [4.69, 9.17) is 4.42 Å². The minimum atomic E-state index is 0.413. The Kier molecular flexibility index (Phi) is 0.702. The third-order valence-corrected chi connectivity index (χ3v) is 3.99. The molecular formula is C9H10N2O. The minimum Gasteiger partial charge on any atom is -0.448 e. The van der Waals surface area contributed by atoms with Crippen LogP contribution in [0.4, 0.5) is 0 Å². The fourth-order valence-corrected chi connectivity index (χ4v) is 3.44. The predicted molar refractivity (Wildman–Crippen MR) is 41.6 cm³/mol. The van der Waals surface area contributed by atoms with E-state index in [1.54, 1.807) is 6.39 Å². The standard InChI is InChI=1S/C9H10N2O/c1-8(12-5-10-1)9-4-11-2-6(9)7(9)3-11/h1,5-7H,2-4H2. The van der Waals surface area contributed by atoms with Crippen LogP contribution >= 0.6 is 0 Å². The van der Waals surface area contributed by atoms with Gasteiger partial charge in [0.2, 0.25) is 0 Å². The molecule has 1 saturated carbocycles.